The molecular formula is C20H23FN6OS. The van der Waals surface area contributed by atoms with Gasteiger partial charge in [-0.15, -0.1) is 11.3 Å². The van der Waals surface area contributed by atoms with Gasteiger partial charge in [0, 0.05) is 24.2 Å². The van der Waals surface area contributed by atoms with Gasteiger partial charge in [-0.2, -0.15) is 0 Å². The first kappa shape index (κ1) is 19.7. The molecule has 2 unspecified atom stereocenters. The van der Waals surface area contributed by atoms with E-state index >= 15 is 0 Å². The Labute approximate surface area is 172 Å². The number of aryl methyl sites for hydroxylation is 1. The van der Waals surface area contributed by atoms with Gasteiger partial charge in [0.1, 0.15) is 5.82 Å². The van der Waals surface area contributed by atoms with Crippen molar-refractivity contribution in [2.45, 2.75) is 26.3 Å². The zero-order valence-electron chi connectivity index (χ0n) is 16.4. The summed E-state index contributed by atoms with van der Waals surface area (Å²) in [5.41, 5.74) is 7.57. The van der Waals surface area contributed by atoms with Crippen LogP contribution in [0, 0.1) is 18.7 Å². The zero-order valence-corrected chi connectivity index (χ0v) is 17.2. The van der Waals surface area contributed by atoms with Crippen LogP contribution in [0.2, 0.25) is 0 Å². The maximum absolute atomic E-state index is 13.5. The maximum atomic E-state index is 13.5. The molecule has 0 spiro atoms. The fourth-order valence-corrected chi connectivity index (χ4v) is 4.49. The van der Waals surface area contributed by atoms with E-state index in [1.54, 1.807) is 6.20 Å². The van der Waals surface area contributed by atoms with Crippen molar-refractivity contribution < 1.29 is 9.18 Å². The van der Waals surface area contributed by atoms with Gasteiger partial charge in [-0.05, 0) is 50.4 Å². The minimum atomic E-state index is -0.402. The van der Waals surface area contributed by atoms with Crippen LogP contribution in [0.25, 0.3) is 10.2 Å². The molecule has 29 heavy (non-hydrogen) atoms. The van der Waals surface area contributed by atoms with Gasteiger partial charge >= 0.3 is 0 Å². The van der Waals surface area contributed by atoms with Crippen LogP contribution in [0.3, 0.4) is 0 Å². The van der Waals surface area contributed by atoms with E-state index in [-0.39, 0.29) is 11.9 Å². The molecule has 1 aliphatic heterocycles. The first-order valence-electron chi connectivity index (χ1n) is 9.59. The minimum absolute atomic E-state index is 0.0988. The summed E-state index contributed by atoms with van der Waals surface area (Å²) in [6.45, 7) is 5.77. The Balaban J connectivity index is 1.66. The second-order valence-corrected chi connectivity index (χ2v) is 8.67. The molecule has 2 atom stereocenters. The van der Waals surface area contributed by atoms with Crippen LogP contribution in [0.4, 0.5) is 10.3 Å². The highest BCUT2D eigenvalue weighted by molar-refractivity contribution is 7.19. The first-order chi connectivity index (χ1) is 13.9. The fraction of sp³-hybridized carbons (Fsp3) is 0.400. The molecule has 1 saturated heterocycles. The molecular weight excluding hydrogens is 391 g/mol. The second-order valence-electron chi connectivity index (χ2n) is 7.41. The molecule has 0 saturated carbocycles. The van der Waals surface area contributed by atoms with Crippen molar-refractivity contribution in [2.24, 2.45) is 11.7 Å². The predicted octanol–water partition coefficient (Wildman–Crippen LogP) is 3.13. The van der Waals surface area contributed by atoms with E-state index in [9.17, 15) is 9.18 Å². The maximum Gasteiger partial charge on any atom is 0.274 e. The molecule has 3 N–H and O–H groups in total. The lowest BCUT2D eigenvalue weighted by Gasteiger charge is -2.18. The number of likely N-dealkylation sites (tertiary alicyclic amines) is 1. The molecule has 9 heteroatoms. The molecule has 0 aliphatic carbocycles. The van der Waals surface area contributed by atoms with Crippen LogP contribution >= 0.6 is 11.3 Å². The topological polar surface area (TPSA) is 97.0 Å². The van der Waals surface area contributed by atoms with Gasteiger partial charge in [-0.3, -0.25) is 9.78 Å². The lowest BCUT2D eigenvalue weighted by Crippen LogP contribution is -2.30. The monoisotopic (exact) mass is 414 g/mol. The van der Waals surface area contributed by atoms with Crippen LogP contribution in [-0.2, 0) is 0 Å². The third-order valence-electron chi connectivity index (χ3n) is 5.18. The Morgan fingerprint density at radius 1 is 1.41 bits per heavy atom. The Kier molecular flexibility index (Phi) is 5.42. The van der Waals surface area contributed by atoms with Crippen LogP contribution in [0.5, 0.6) is 0 Å². The van der Waals surface area contributed by atoms with Gasteiger partial charge < -0.3 is 16.0 Å². The summed E-state index contributed by atoms with van der Waals surface area (Å²) in [4.78, 5) is 29.1. The van der Waals surface area contributed by atoms with E-state index in [0.717, 1.165) is 27.7 Å². The molecule has 1 aliphatic rings. The van der Waals surface area contributed by atoms with Gasteiger partial charge in [-0.1, -0.05) is 0 Å². The van der Waals surface area contributed by atoms with Crippen molar-refractivity contribution in [3.05, 3.63) is 46.5 Å². The predicted molar refractivity (Wildman–Crippen MR) is 111 cm³/mol. The van der Waals surface area contributed by atoms with Gasteiger partial charge in [-0.25, -0.2) is 14.4 Å². The molecule has 4 rings (SSSR count). The summed E-state index contributed by atoms with van der Waals surface area (Å²) in [6.07, 6.45) is 3.67. The average molecular weight is 415 g/mol. The third-order valence-corrected chi connectivity index (χ3v) is 6.22. The van der Waals surface area contributed by atoms with Crippen LogP contribution in [-0.4, -0.2) is 45.4 Å². The van der Waals surface area contributed by atoms with E-state index in [4.69, 9.17) is 5.73 Å². The number of thiophene rings is 1. The number of rotatable bonds is 5. The number of carbonyl (C=O) groups is 1. The van der Waals surface area contributed by atoms with Crippen LogP contribution < -0.4 is 11.1 Å². The lowest BCUT2D eigenvalue weighted by atomic mass is 10.1. The number of pyridine rings is 1. The van der Waals surface area contributed by atoms with E-state index < -0.39 is 5.82 Å². The Morgan fingerprint density at radius 3 is 2.97 bits per heavy atom. The van der Waals surface area contributed by atoms with Crippen molar-refractivity contribution in [3.63, 3.8) is 0 Å². The lowest BCUT2D eigenvalue weighted by molar-refractivity contribution is 0.0784. The molecule has 4 heterocycles. The Hall–Kier alpha value is -2.65. The molecule has 0 aromatic carbocycles. The molecule has 0 radical (unpaired) electrons. The highest BCUT2D eigenvalue weighted by atomic mass is 32.1. The largest absolute Gasteiger partial charge is 0.348 e. The molecule has 1 fully saturated rings. The summed E-state index contributed by atoms with van der Waals surface area (Å²) in [5, 5.41) is 3.18. The number of amides is 1. The second kappa shape index (κ2) is 8.00. The van der Waals surface area contributed by atoms with Crippen molar-refractivity contribution >= 4 is 33.4 Å². The van der Waals surface area contributed by atoms with Gasteiger partial charge in [0.25, 0.3) is 5.91 Å². The Morgan fingerprint density at radius 2 is 2.24 bits per heavy atom. The SMILES string of the molecule is Cc1cc2nc(NC(C)c3cncc(F)c3)nc(C(=O)N3CCC(CN)C3)c2s1. The highest BCUT2D eigenvalue weighted by Gasteiger charge is 2.29. The van der Waals surface area contributed by atoms with Crippen molar-refractivity contribution in [1.29, 1.82) is 0 Å². The third kappa shape index (κ3) is 4.06. The molecule has 3 aromatic heterocycles. The summed E-state index contributed by atoms with van der Waals surface area (Å²) in [6, 6.07) is 3.10. The molecule has 7 nitrogen and oxygen atoms in total. The zero-order chi connectivity index (χ0) is 20.5. The van der Waals surface area contributed by atoms with Gasteiger partial charge in [0.15, 0.2) is 5.69 Å². The minimum Gasteiger partial charge on any atom is -0.348 e. The summed E-state index contributed by atoms with van der Waals surface area (Å²) >= 11 is 1.51. The molecule has 1 amide bonds. The van der Waals surface area contributed by atoms with E-state index in [1.165, 1.54) is 17.4 Å². The molecule has 0 bridgehead atoms. The standard InChI is InChI=1S/C20H23FN6OS/c1-11-5-16-18(29-11)17(19(28)27-4-3-13(7-22)10-27)26-20(25-16)24-12(2)14-6-15(21)9-23-8-14/h5-6,8-9,12-13H,3-4,7,10,22H2,1-2H3,(H,24,25,26). The van der Waals surface area contributed by atoms with Crippen LogP contribution in [0.15, 0.2) is 24.5 Å². The number of aromatic nitrogens is 3. The number of carbonyl (C=O) groups excluding carboxylic acids is 1. The van der Waals surface area contributed by atoms with E-state index in [1.807, 2.05) is 24.8 Å². The average Bonchev–Trinajstić information content (AvgIpc) is 3.32. The quantitative estimate of drug-likeness (QED) is 0.666. The smallest absolute Gasteiger partial charge is 0.274 e. The number of nitrogens with zero attached hydrogens (tertiary/aromatic N) is 4. The first-order valence-corrected chi connectivity index (χ1v) is 10.4. The molecule has 152 valence electrons. The number of anilines is 1. The molecule has 3 aromatic rings. The number of hydrogen-bond acceptors (Lipinski definition) is 7. The van der Waals surface area contributed by atoms with Crippen LogP contribution in [0.1, 0.15) is 40.3 Å². The number of nitrogens with one attached hydrogen (secondary N) is 1. The summed E-state index contributed by atoms with van der Waals surface area (Å²) < 4.78 is 14.3. The number of hydrogen-bond donors (Lipinski definition) is 2. The van der Waals surface area contributed by atoms with Gasteiger partial charge in [0.2, 0.25) is 5.95 Å². The fourth-order valence-electron chi connectivity index (χ4n) is 3.56. The van der Waals surface area contributed by atoms with Gasteiger partial charge in [0.05, 0.1) is 22.5 Å². The van der Waals surface area contributed by atoms with E-state index in [0.29, 0.717) is 42.8 Å². The van der Waals surface area contributed by atoms with Crippen molar-refractivity contribution in [2.75, 3.05) is 25.0 Å². The summed E-state index contributed by atoms with van der Waals surface area (Å²) in [7, 11) is 0. The number of halogens is 1. The van der Waals surface area contributed by atoms with Crippen molar-refractivity contribution in [3.8, 4) is 0 Å². The van der Waals surface area contributed by atoms with Crippen molar-refractivity contribution in [1.82, 2.24) is 19.9 Å². The van der Waals surface area contributed by atoms with E-state index in [2.05, 4.69) is 20.3 Å². The normalized spacial score (nSPS) is 17.7. The summed E-state index contributed by atoms with van der Waals surface area (Å²) in [5.74, 6) is 0.170. The number of nitrogens with two attached hydrogens (primary N) is 1. The highest BCUT2D eigenvalue weighted by Crippen LogP contribution is 2.30. The Bertz CT molecular complexity index is 1050. The number of fused-ring (bicyclic) bond motifs is 1.